The summed E-state index contributed by atoms with van der Waals surface area (Å²) in [7, 11) is 3.82. The van der Waals surface area contributed by atoms with Crippen molar-refractivity contribution < 1.29 is 4.79 Å². The summed E-state index contributed by atoms with van der Waals surface area (Å²) in [4.78, 5) is 18.4. The van der Waals surface area contributed by atoms with Crippen molar-refractivity contribution in [3.8, 4) is 0 Å². The van der Waals surface area contributed by atoms with Crippen LogP contribution in [0.25, 0.3) is 0 Å². The number of aromatic nitrogens is 1. The molecule has 1 aromatic carbocycles. The second-order valence-electron chi connectivity index (χ2n) is 5.07. The molecule has 0 bridgehead atoms. The number of fused-ring (bicyclic) bond motifs is 1. The molecule has 1 unspecified atom stereocenters. The largest absolute Gasteiger partial charge is 0.367 e. The maximum absolute atomic E-state index is 12.2. The maximum Gasteiger partial charge on any atom is 0.251 e. The first-order valence-corrected chi connectivity index (χ1v) is 6.93. The Morgan fingerprint density at radius 2 is 2.14 bits per heavy atom. The number of carbonyl (C=O) groups is 1. The highest BCUT2D eigenvalue weighted by molar-refractivity contribution is 6.31. The highest BCUT2D eigenvalue weighted by Crippen LogP contribution is 2.36. The van der Waals surface area contributed by atoms with Crippen LogP contribution < -0.4 is 15.5 Å². The quantitative estimate of drug-likeness (QED) is 0.915. The van der Waals surface area contributed by atoms with Crippen molar-refractivity contribution in [2.75, 3.05) is 29.6 Å². The third-order valence-corrected chi connectivity index (χ3v) is 3.59. The molecule has 2 N–H and O–H groups in total. The number of amides is 1. The zero-order chi connectivity index (χ0) is 15.0. The molecule has 0 fully saturated rings. The Labute approximate surface area is 127 Å². The van der Waals surface area contributed by atoms with Gasteiger partial charge in [0.15, 0.2) is 5.82 Å². The predicted molar refractivity (Wildman–Crippen MR) is 85.0 cm³/mol. The van der Waals surface area contributed by atoms with Crippen LogP contribution >= 0.6 is 11.6 Å². The SMILES string of the molecule is CN(C)c1ncccc1NC1C(=O)Nc2ccc(Cl)cc21. The van der Waals surface area contributed by atoms with Crippen LogP contribution in [-0.2, 0) is 4.79 Å². The summed E-state index contributed by atoms with van der Waals surface area (Å²) in [5.74, 6) is 0.682. The summed E-state index contributed by atoms with van der Waals surface area (Å²) in [5.41, 5.74) is 2.44. The van der Waals surface area contributed by atoms with E-state index >= 15 is 0 Å². The topological polar surface area (TPSA) is 57.3 Å². The fourth-order valence-electron chi connectivity index (χ4n) is 2.40. The van der Waals surface area contributed by atoms with Gasteiger partial charge in [0.25, 0.3) is 5.91 Å². The number of nitrogens with zero attached hydrogens (tertiary/aromatic N) is 2. The van der Waals surface area contributed by atoms with E-state index in [2.05, 4.69) is 15.6 Å². The first-order valence-electron chi connectivity index (χ1n) is 6.55. The Kier molecular flexibility index (Phi) is 3.43. The molecule has 1 aliphatic heterocycles. The van der Waals surface area contributed by atoms with Crippen LogP contribution in [-0.4, -0.2) is 25.0 Å². The highest BCUT2D eigenvalue weighted by Gasteiger charge is 2.31. The van der Waals surface area contributed by atoms with Gasteiger partial charge in [-0.15, -0.1) is 0 Å². The minimum absolute atomic E-state index is 0.0965. The fraction of sp³-hybridized carbons (Fsp3) is 0.200. The van der Waals surface area contributed by atoms with Gasteiger partial charge in [-0.3, -0.25) is 4.79 Å². The summed E-state index contributed by atoms with van der Waals surface area (Å²) in [6.07, 6.45) is 1.72. The van der Waals surface area contributed by atoms with Crippen molar-refractivity contribution in [1.29, 1.82) is 0 Å². The molecule has 1 atom stereocenters. The molecule has 5 nitrogen and oxygen atoms in total. The van der Waals surface area contributed by atoms with Crippen LogP contribution in [0, 0.1) is 0 Å². The highest BCUT2D eigenvalue weighted by atomic mass is 35.5. The molecular formula is C15H15ClN4O. The zero-order valence-corrected chi connectivity index (χ0v) is 12.5. The van der Waals surface area contributed by atoms with Gasteiger partial charge in [0, 0.05) is 36.6 Å². The molecule has 108 valence electrons. The van der Waals surface area contributed by atoms with Gasteiger partial charge in [-0.1, -0.05) is 11.6 Å². The average molecular weight is 303 g/mol. The van der Waals surface area contributed by atoms with Crippen molar-refractivity contribution in [1.82, 2.24) is 4.98 Å². The van der Waals surface area contributed by atoms with Crippen molar-refractivity contribution in [3.05, 3.63) is 47.1 Å². The van der Waals surface area contributed by atoms with Crippen LogP contribution in [0.5, 0.6) is 0 Å². The Balaban J connectivity index is 1.96. The molecule has 0 spiro atoms. The molecule has 1 aliphatic rings. The number of nitrogens with one attached hydrogen (secondary N) is 2. The number of hydrogen-bond acceptors (Lipinski definition) is 4. The number of rotatable bonds is 3. The molecule has 2 heterocycles. The molecule has 2 aromatic rings. The van der Waals surface area contributed by atoms with E-state index in [1.165, 1.54) is 0 Å². The Bertz CT molecular complexity index is 702. The lowest BCUT2D eigenvalue weighted by Crippen LogP contribution is -2.22. The summed E-state index contributed by atoms with van der Waals surface area (Å²) < 4.78 is 0. The van der Waals surface area contributed by atoms with E-state index in [-0.39, 0.29) is 5.91 Å². The second-order valence-corrected chi connectivity index (χ2v) is 5.50. The molecule has 0 aliphatic carbocycles. The molecule has 0 saturated heterocycles. The van der Waals surface area contributed by atoms with Crippen molar-refractivity contribution in [2.24, 2.45) is 0 Å². The van der Waals surface area contributed by atoms with E-state index in [1.54, 1.807) is 18.3 Å². The number of halogens is 1. The van der Waals surface area contributed by atoms with Crippen LogP contribution in [0.1, 0.15) is 11.6 Å². The lowest BCUT2D eigenvalue weighted by atomic mass is 10.1. The second kappa shape index (κ2) is 5.26. The number of pyridine rings is 1. The van der Waals surface area contributed by atoms with Gasteiger partial charge in [0.1, 0.15) is 6.04 Å². The van der Waals surface area contributed by atoms with E-state index in [0.29, 0.717) is 5.02 Å². The molecule has 0 radical (unpaired) electrons. The molecular weight excluding hydrogens is 288 g/mol. The van der Waals surface area contributed by atoms with E-state index in [0.717, 1.165) is 22.8 Å². The van der Waals surface area contributed by atoms with Gasteiger partial charge in [-0.05, 0) is 30.3 Å². The predicted octanol–water partition coefficient (Wildman–Crippen LogP) is 2.91. The summed E-state index contributed by atoms with van der Waals surface area (Å²) in [6.45, 7) is 0. The summed E-state index contributed by atoms with van der Waals surface area (Å²) in [5, 5.41) is 6.71. The minimum atomic E-state index is -0.471. The van der Waals surface area contributed by atoms with Crippen molar-refractivity contribution in [2.45, 2.75) is 6.04 Å². The van der Waals surface area contributed by atoms with Gasteiger partial charge in [-0.2, -0.15) is 0 Å². The summed E-state index contributed by atoms with van der Waals surface area (Å²) >= 11 is 6.03. The number of hydrogen-bond donors (Lipinski definition) is 2. The zero-order valence-electron chi connectivity index (χ0n) is 11.7. The van der Waals surface area contributed by atoms with Crippen molar-refractivity contribution >= 4 is 34.7 Å². The van der Waals surface area contributed by atoms with E-state index < -0.39 is 6.04 Å². The van der Waals surface area contributed by atoms with Gasteiger partial charge < -0.3 is 15.5 Å². The van der Waals surface area contributed by atoms with Crippen LogP contribution in [0.4, 0.5) is 17.2 Å². The number of carbonyl (C=O) groups excluding carboxylic acids is 1. The Morgan fingerprint density at radius 3 is 2.90 bits per heavy atom. The smallest absolute Gasteiger partial charge is 0.251 e. The lowest BCUT2D eigenvalue weighted by Gasteiger charge is -2.19. The molecule has 3 rings (SSSR count). The average Bonchev–Trinajstić information content (AvgIpc) is 2.75. The number of benzene rings is 1. The molecule has 21 heavy (non-hydrogen) atoms. The first-order chi connectivity index (χ1) is 10.1. The third kappa shape index (κ3) is 2.52. The van der Waals surface area contributed by atoms with Crippen LogP contribution in [0.2, 0.25) is 5.02 Å². The lowest BCUT2D eigenvalue weighted by molar-refractivity contribution is -0.116. The van der Waals surface area contributed by atoms with E-state index in [4.69, 9.17) is 11.6 Å². The van der Waals surface area contributed by atoms with Crippen molar-refractivity contribution in [3.63, 3.8) is 0 Å². The van der Waals surface area contributed by atoms with Gasteiger partial charge >= 0.3 is 0 Å². The van der Waals surface area contributed by atoms with E-state index in [9.17, 15) is 4.79 Å². The fourth-order valence-corrected chi connectivity index (χ4v) is 2.58. The molecule has 0 saturated carbocycles. The van der Waals surface area contributed by atoms with Gasteiger partial charge in [0.05, 0.1) is 5.69 Å². The summed E-state index contributed by atoms with van der Waals surface area (Å²) in [6, 6.07) is 8.64. The number of anilines is 3. The Hall–Kier alpha value is -2.27. The standard InChI is InChI=1S/C15H15ClN4O/c1-20(2)14-12(4-3-7-17-14)18-13-10-8-9(16)5-6-11(10)19-15(13)21/h3-8,13,18H,1-2H3,(H,19,21). The maximum atomic E-state index is 12.2. The van der Waals surface area contributed by atoms with E-state index in [1.807, 2.05) is 37.2 Å². The monoisotopic (exact) mass is 302 g/mol. The van der Waals surface area contributed by atoms with Gasteiger partial charge in [0.2, 0.25) is 0 Å². The molecule has 6 heteroatoms. The minimum Gasteiger partial charge on any atom is -0.367 e. The normalized spacial score (nSPS) is 16.3. The van der Waals surface area contributed by atoms with Crippen LogP contribution in [0.15, 0.2) is 36.5 Å². The molecule has 1 amide bonds. The Morgan fingerprint density at radius 1 is 1.33 bits per heavy atom. The first kappa shape index (κ1) is 13.7. The van der Waals surface area contributed by atoms with Gasteiger partial charge in [-0.25, -0.2) is 4.98 Å². The third-order valence-electron chi connectivity index (χ3n) is 3.35. The van der Waals surface area contributed by atoms with Crippen LogP contribution in [0.3, 0.4) is 0 Å². The molecule has 1 aromatic heterocycles.